The van der Waals surface area contributed by atoms with Gasteiger partial charge in [0.2, 0.25) is 5.88 Å². The van der Waals surface area contributed by atoms with E-state index >= 15 is 0 Å². The number of nitrogens with zero attached hydrogens (tertiary/aromatic N) is 1. The zero-order valence-electron chi connectivity index (χ0n) is 10.3. The van der Waals surface area contributed by atoms with Gasteiger partial charge in [0.05, 0.1) is 5.69 Å². The average Bonchev–Trinajstić information content (AvgIpc) is 2.82. The van der Waals surface area contributed by atoms with Gasteiger partial charge >= 0.3 is 0 Å². The Morgan fingerprint density at radius 2 is 2.16 bits per heavy atom. The van der Waals surface area contributed by atoms with E-state index in [4.69, 9.17) is 4.52 Å². The number of benzene rings is 1. The molecule has 1 amide bonds. The highest BCUT2D eigenvalue weighted by atomic mass is 79.9. The number of nitrogens with one attached hydrogen (secondary N) is 1. The molecular formula is C14H13BrN2O2. The van der Waals surface area contributed by atoms with E-state index in [-0.39, 0.29) is 5.91 Å². The second kappa shape index (κ2) is 5.17. The minimum absolute atomic E-state index is 0.175. The highest BCUT2D eigenvalue weighted by Crippen LogP contribution is 2.27. The van der Waals surface area contributed by atoms with Crippen molar-refractivity contribution in [2.45, 2.75) is 25.7 Å². The second-order valence-corrected chi connectivity index (χ2v) is 5.52. The summed E-state index contributed by atoms with van der Waals surface area (Å²) in [7, 11) is 0. The Kier molecular flexibility index (Phi) is 3.38. The largest absolute Gasteiger partial charge is 0.338 e. The zero-order valence-corrected chi connectivity index (χ0v) is 11.9. The van der Waals surface area contributed by atoms with E-state index in [9.17, 15) is 4.79 Å². The van der Waals surface area contributed by atoms with Crippen LogP contribution in [-0.4, -0.2) is 11.1 Å². The summed E-state index contributed by atoms with van der Waals surface area (Å²) < 4.78 is 6.12. The van der Waals surface area contributed by atoms with E-state index in [1.165, 1.54) is 0 Å². The number of amides is 1. The molecule has 2 aromatic rings. The Hall–Kier alpha value is -1.62. The lowest BCUT2D eigenvalue weighted by Gasteiger charge is -2.09. The van der Waals surface area contributed by atoms with Crippen molar-refractivity contribution in [2.75, 3.05) is 5.32 Å². The summed E-state index contributed by atoms with van der Waals surface area (Å²) in [4.78, 5) is 12.1. The van der Waals surface area contributed by atoms with Gasteiger partial charge in [0.25, 0.3) is 5.91 Å². The molecule has 0 unspecified atom stereocenters. The van der Waals surface area contributed by atoms with Crippen molar-refractivity contribution in [3.05, 3.63) is 45.6 Å². The van der Waals surface area contributed by atoms with Crippen LogP contribution in [0.25, 0.3) is 0 Å². The lowest BCUT2D eigenvalue weighted by Crippen LogP contribution is -2.13. The third-order valence-electron chi connectivity index (χ3n) is 3.27. The Morgan fingerprint density at radius 3 is 3.00 bits per heavy atom. The minimum atomic E-state index is -0.175. The van der Waals surface area contributed by atoms with Gasteiger partial charge in [-0.2, -0.15) is 0 Å². The van der Waals surface area contributed by atoms with Gasteiger partial charge in [-0.3, -0.25) is 10.1 Å². The Labute approximate surface area is 119 Å². The van der Waals surface area contributed by atoms with Crippen LogP contribution in [0.15, 0.2) is 33.3 Å². The van der Waals surface area contributed by atoms with E-state index in [0.29, 0.717) is 11.4 Å². The van der Waals surface area contributed by atoms with Crippen LogP contribution >= 0.6 is 15.9 Å². The van der Waals surface area contributed by atoms with Crippen molar-refractivity contribution in [2.24, 2.45) is 0 Å². The van der Waals surface area contributed by atoms with Crippen LogP contribution < -0.4 is 5.32 Å². The summed E-state index contributed by atoms with van der Waals surface area (Å²) >= 11 is 3.35. The predicted molar refractivity (Wildman–Crippen MR) is 75.2 cm³/mol. The first-order chi connectivity index (χ1) is 9.24. The van der Waals surface area contributed by atoms with E-state index in [0.717, 1.165) is 41.4 Å². The van der Waals surface area contributed by atoms with Gasteiger partial charge in [0.15, 0.2) is 0 Å². The molecule has 0 radical (unpaired) electrons. The standard InChI is InChI=1S/C14H13BrN2O2/c15-10-5-3-4-9(8-10)13(18)16-14-11-6-1-2-7-12(11)17-19-14/h3-5,8H,1-2,6-7H2,(H,16,18). The normalized spacial score (nSPS) is 13.9. The monoisotopic (exact) mass is 320 g/mol. The topological polar surface area (TPSA) is 55.1 Å². The maximum Gasteiger partial charge on any atom is 0.258 e. The van der Waals surface area contributed by atoms with E-state index in [1.54, 1.807) is 12.1 Å². The Morgan fingerprint density at radius 1 is 1.32 bits per heavy atom. The van der Waals surface area contributed by atoms with Gasteiger partial charge in [-0.15, -0.1) is 0 Å². The molecule has 0 fully saturated rings. The summed E-state index contributed by atoms with van der Waals surface area (Å²) in [6.07, 6.45) is 4.12. The van der Waals surface area contributed by atoms with Crippen LogP contribution in [0, 0.1) is 0 Å². The summed E-state index contributed by atoms with van der Waals surface area (Å²) in [5.74, 6) is 0.325. The zero-order chi connectivity index (χ0) is 13.2. The molecule has 5 heteroatoms. The molecule has 98 valence electrons. The SMILES string of the molecule is O=C(Nc1onc2c1CCCC2)c1cccc(Br)c1. The molecular weight excluding hydrogens is 308 g/mol. The maximum atomic E-state index is 12.1. The van der Waals surface area contributed by atoms with Gasteiger partial charge in [-0.1, -0.05) is 27.2 Å². The molecule has 19 heavy (non-hydrogen) atoms. The van der Waals surface area contributed by atoms with Gasteiger partial charge < -0.3 is 4.52 Å². The van der Waals surface area contributed by atoms with Gasteiger partial charge in [0.1, 0.15) is 0 Å². The Balaban J connectivity index is 1.82. The maximum absolute atomic E-state index is 12.1. The van der Waals surface area contributed by atoms with Crippen molar-refractivity contribution in [3.8, 4) is 0 Å². The van der Waals surface area contributed by atoms with E-state index in [1.807, 2.05) is 12.1 Å². The first kappa shape index (κ1) is 12.4. The lowest BCUT2D eigenvalue weighted by atomic mass is 9.97. The van der Waals surface area contributed by atoms with Crippen LogP contribution in [0.1, 0.15) is 34.5 Å². The molecule has 1 aliphatic rings. The molecule has 0 saturated heterocycles. The number of carbonyl (C=O) groups is 1. The first-order valence-electron chi connectivity index (χ1n) is 6.28. The Bertz CT molecular complexity index is 622. The van der Waals surface area contributed by atoms with Crippen molar-refractivity contribution in [1.29, 1.82) is 0 Å². The number of fused-ring (bicyclic) bond motifs is 1. The van der Waals surface area contributed by atoms with E-state index in [2.05, 4.69) is 26.4 Å². The minimum Gasteiger partial charge on any atom is -0.338 e. The third-order valence-corrected chi connectivity index (χ3v) is 3.77. The fraction of sp³-hybridized carbons (Fsp3) is 0.286. The first-order valence-corrected chi connectivity index (χ1v) is 7.07. The fourth-order valence-electron chi connectivity index (χ4n) is 2.29. The van der Waals surface area contributed by atoms with Gasteiger partial charge in [0, 0.05) is 15.6 Å². The van der Waals surface area contributed by atoms with Crippen molar-refractivity contribution >= 4 is 27.7 Å². The van der Waals surface area contributed by atoms with Crippen LogP contribution in [0.3, 0.4) is 0 Å². The second-order valence-electron chi connectivity index (χ2n) is 4.61. The molecule has 1 aromatic carbocycles. The van der Waals surface area contributed by atoms with E-state index < -0.39 is 0 Å². The molecule has 3 rings (SSSR count). The number of hydrogen-bond donors (Lipinski definition) is 1. The molecule has 1 heterocycles. The summed E-state index contributed by atoms with van der Waals surface area (Å²) in [6, 6.07) is 7.25. The van der Waals surface area contributed by atoms with Crippen molar-refractivity contribution in [3.63, 3.8) is 0 Å². The van der Waals surface area contributed by atoms with Crippen LogP contribution in [-0.2, 0) is 12.8 Å². The number of rotatable bonds is 2. The number of hydrogen-bond acceptors (Lipinski definition) is 3. The predicted octanol–water partition coefficient (Wildman–Crippen LogP) is 3.57. The lowest BCUT2D eigenvalue weighted by molar-refractivity contribution is 0.102. The third kappa shape index (κ3) is 2.56. The molecule has 1 N–H and O–H groups in total. The van der Waals surface area contributed by atoms with Crippen LogP contribution in [0.2, 0.25) is 0 Å². The quantitative estimate of drug-likeness (QED) is 0.920. The molecule has 0 bridgehead atoms. The summed E-state index contributed by atoms with van der Waals surface area (Å²) in [6.45, 7) is 0. The summed E-state index contributed by atoms with van der Waals surface area (Å²) in [5, 5.41) is 6.83. The molecule has 0 aliphatic heterocycles. The van der Waals surface area contributed by atoms with Crippen molar-refractivity contribution in [1.82, 2.24) is 5.16 Å². The van der Waals surface area contributed by atoms with Crippen LogP contribution in [0.5, 0.6) is 0 Å². The molecule has 0 saturated carbocycles. The number of aromatic nitrogens is 1. The number of carbonyl (C=O) groups excluding carboxylic acids is 1. The average molecular weight is 321 g/mol. The van der Waals surface area contributed by atoms with Crippen molar-refractivity contribution < 1.29 is 9.32 Å². The molecule has 1 aromatic heterocycles. The van der Waals surface area contributed by atoms with Crippen LogP contribution in [0.4, 0.5) is 5.88 Å². The number of aryl methyl sites for hydroxylation is 1. The smallest absolute Gasteiger partial charge is 0.258 e. The van der Waals surface area contributed by atoms with Gasteiger partial charge in [-0.05, 0) is 43.9 Å². The highest BCUT2D eigenvalue weighted by molar-refractivity contribution is 9.10. The van der Waals surface area contributed by atoms with Gasteiger partial charge in [-0.25, -0.2) is 0 Å². The number of halogens is 1. The number of anilines is 1. The highest BCUT2D eigenvalue weighted by Gasteiger charge is 2.21. The fourth-order valence-corrected chi connectivity index (χ4v) is 2.69. The molecule has 0 spiro atoms. The molecule has 0 atom stereocenters. The summed E-state index contributed by atoms with van der Waals surface area (Å²) in [5.41, 5.74) is 2.63. The molecule has 4 nitrogen and oxygen atoms in total. The molecule has 1 aliphatic carbocycles.